The highest BCUT2D eigenvalue weighted by atomic mass is 19.1. The first-order valence-corrected chi connectivity index (χ1v) is 5.89. The lowest BCUT2D eigenvalue weighted by Gasteiger charge is -2.06. The van der Waals surface area contributed by atoms with Gasteiger partial charge in [0.15, 0.2) is 11.6 Å². The Hall–Kier alpha value is -2.50. The van der Waals surface area contributed by atoms with Crippen molar-refractivity contribution in [1.29, 1.82) is 0 Å². The fraction of sp³-hybridized carbons (Fsp3) is 0.214. The van der Waals surface area contributed by atoms with Crippen molar-refractivity contribution in [3.05, 3.63) is 52.9 Å². The Kier molecular flexibility index (Phi) is 3.93. The molecule has 0 amide bonds. The van der Waals surface area contributed by atoms with Crippen LogP contribution in [-0.4, -0.2) is 28.2 Å². The number of rotatable bonds is 4. The number of methoxy groups -OCH3 is 1. The van der Waals surface area contributed by atoms with Gasteiger partial charge < -0.3 is 9.84 Å². The van der Waals surface area contributed by atoms with Gasteiger partial charge in [0.25, 0.3) is 0 Å². The van der Waals surface area contributed by atoms with E-state index in [1.54, 1.807) is 13.0 Å². The van der Waals surface area contributed by atoms with Crippen molar-refractivity contribution in [2.24, 2.45) is 0 Å². The lowest BCUT2D eigenvalue weighted by atomic mass is 10.1. The number of aromatic carboxylic acids is 1. The van der Waals surface area contributed by atoms with Gasteiger partial charge >= 0.3 is 5.97 Å². The van der Waals surface area contributed by atoms with Crippen LogP contribution in [0.1, 0.15) is 27.4 Å². The fourth-order valence-corrected chi connectivity index (χ4v) is 1.81. The average molecular weight is 276 g/mol. The minimum Gasteiger partial charge on any atom is -0.494 e. The van der Waals surface area contributed by atoms with E-state index in [-0.39, 0.29) is 11.3 Å². The van der Waals surface area contributed by atoms with Crippen molar-refractivity contribution in [3.8, 4) is 5.75 Å². The van der Waals surface area contributed by atoms with Crippen molar-refractivity contribution < 1.29 is 19.0 Å². The minimum atomic E-state index is -1.07. The number of carboxylic acid groups (broad SMARTS) is 1. The highest BCUT2D eigenvalue weighted by Gasteiger charge is 2.11. The number of hydrogen-bond acceptors (Lipinski definition) is 4. The maximum Gasteiger partial charge on any atom is 0.339 e. The molecule has 0 aliphatic rings. The predicted octanol–water partition coefficient (Wildman–Crippen LogP) is 2.22. The first kappa shape index (κ1) is 13.9. The molecule has 20 heavy (non-hydrogen) atoms. The second kappa shape index (κ2) is 5.64. The zero-order chi connectivity index (χ0) is 14.7. The van der Waals surface area contributed by atoms with Crippen LogP contribution in [0, 0.1) is 12.7 Å². The molecular weight excluding hydrogens is 263 g/mol. The first-order valence-electron chi connectivity index (χ1n) is 5.89. The highest BCUT2D eigenvalue weighted by molar-refractivity contribution is 5.88. The van der Waals surface area contributed by atoms with Gasteiger partial charge in [0, 0.05) is 12.6 Å². The lowest BCUT2D eigenvalue weighted by molar-refractivity contribution is 0.0695. The van der Waals surface area contributed by atoms with Crippen molar-refractivity contribution in [2.75, 3.05) is 7.11 Å². The van der Waals surface area contributed by atoms with E-state index in [0.29, 0.717) is 23.5 Å². The third-order valence-electron chi connectivity index (χ3n) is 2.84. The highest BCUT2D eigenvalue weighted by Crippen LogP contribution is 2.19. The molecule has 0 atom stereocenters. The Morgan fingerprint density at radius 2 is 2.20 bits per heavy atom. The Labute approximate surface area is 115 Å². The molecule has 2 rings (SSSR count). The maximum absolute atomic E-state index is 13.6. The number of nitrogens with zero attached hydrogens (tertiary/aromatic N) is 2. The number of hydrogen-bond donors (Lipinski definition) is 1. The summed E-state index contributed by atoms with van der Waals surface area (Å²) < 4.78 is 18.4. The van der Waals surface area contributed by atoms with Crippen LogP contribution in [0.2, 0.25) is 0 Å². The number of benzene rings is 1. The summed E-state index contributed by atoms with van der Waals surface area (Å²) in [5, 5.41) is 8.90. The molecule has 1 aromatic carbocycles. The molecule has 0 unspecified atom stereocenters. The molecule has 0 saturated carbocycles. The van der Waals surface area contributed by atoms with E-state index in [9.17, 15) is 9.18 Å². The molecule has 0 radical (unpaired) electrons. The number of ether oxygens (including phenoxy) is 1. The van der Waals surface area contributed by atoms with Gasteiger partial charge in [-0.2, -0.15) is 0 Å². The van der Waals surface area contributed by atoms with E-state index >= 15 is 0 Å². The molecule has 1 aromatic heterocycles. The second-order valence-electron chi connectivity index (χ2n) is 4.24. The van der Waals surface area contributed by atoms with E-state index in [4.69, 9.17) is 9.84 Å². The summed E-state index contributed by atoms with van der Waals surface area (Å²) in [4.78, 5) is 19.0. The minimum absolute atomic E-state index is 0.0645. The number of halogens is 1. The van der Waals surface area contributed by atoms with Crippen LogP contribution in [0.15, 0.2) is 24.4 Å². The molecule has 1 heterocycles. The average Bonchev–Trinajstić information content (AvgIpc) is 2.38. The Bertz CT molecular complexity index is 659. The van der Waals surface area contributed by atoms with E-state index in [0.717, 1.165) is 0 Å². The zero-order valence-corrected chi connectivity index (χ0v) is 11.1. The third kappa shape index (κ3) is 2.90. The van der Waals surface area contributed by atoms with E-state index in [1.807, 2.05) is 0 Å². The first-order chi connectivity index (χ1) is 9.51. The lowest BCUT2D eigenvalue weighted by Crippen LogP contribution is -2.06. The van der Waals surface area contributed by atoms with Gasteiger partial charge in [-0.25, -0.2) is 19.2 Å². The van der Waals surface area contributed by atoms with Crippen LogP contribution in [-0.2, 0) is 6.42 Å². The van der Waals surface area contributed by atoms with Crippen molar-refractivity contribution in [2.45, 2.75) is 13.3 Å². The smallest absolute Gasteiger partial charge is 0.339 e. The van der Waals surface area contributed by atoms with Gasteiger partial charge in [-0.05, 0) is 24.6 Å². The molecule has 0 bridgehead atoms. The summed E-state index contributed by atoms with van der Waals surface area (Å²) in [6, 6.07) is 4.59. The summed E-state index contributed by atoms with van der Waals surface area (Å²) >= 11 is 0. The van der Waals surface area contributed by atoms with E-state index < -0.39 is 11.8 Å². The molecule has 0 aliphatic carbocycles. The molecule has 5 nitrogen and oxygen atoms in total. The molecule has 1 N–H and O–H groups in total. The maximum atomic E-state index is 13.6. The van der Waals surface area contributed by atoms with Gasteiger partial charge in [0.1, 0.15) is 5.82 Å². The largest absolute Gasteiger partial charge is 0.494 e. The Balaban J connectivity index is 2.24. The van der Waals surface area contributed by atoms with Crippen molar-refractivity contribution in [3.63, 3.8) is 0 Å². The predicted molar refractivity (Wildman–Crippen MR) is 69.5 cm³/mol. The van der Waals surface area contributed by atoms with E-state index in [2.05, 4.69) is 9.97 Å². The van der Waals surface area contributed by atoms with Gasteiger partial charge in [-0.1, -0.05) is 6.07 Å². The van der Waals surface area contributed by atoms with Gasteiger partial charge in [0.05, 0.1) is 18.4 Å². The molecule has 0 saturated heterocycles. The number of aryl methyl sites for hydroxylation is 1. The van der Waals surface area contributed by atoms with Gasteiger partial charge in [0.2, 0.25) is 0 Å². The molecule has 104 valence electrons. The van der Waals surface area contributed by atoms with Crippen LogP contribution < -0.4 is 4.74 Å². The zero-order valence-electron chi connectivity index (χ0n) is 11.1. The second-order valence-corrected chi connectivity index (χ2v) is 4.24. The molecule has 2 aromatic rings. The SMILES string of the molecule is COc1ccc(Cc2ncc(C(=O)O)c(C)n2)cc1F. The number of aromatic nitrogens is 2. The van der Waals surface area contributed by atoms with E-state index in [1.165, 1.54) is 25.4 Å². The normalized spacial score (nSPS) is 10.3. The van der Waals surface area contributed by atoms with Crippen LogP contribution in [0.5, 0.6) is 5.75 Å². The van der Waals surface area contributed by atoms with Gasteiger partial charge in [-0.3, -0.25) is 0 Å². The molecule has 6 heteroatoms. The summed E-state index contributed by atoms with van der Waals surface area (Å²) in [6.07, 6.45) is 1.58. The topological polar surface area (TPSA) is 72.3 Å². The fourth-order valence-electron chi connectivity index (χ4n) is 1.81. The summed E-state index contributed by atoms with van der Waals surface area (Å²) in [6.45, 7) is 1.60. The third-order valence-corrected chi connectivity index (χ3v) is 2.84. The van der Waals surface area contributed by atoms with Crippen LogP contribution in [0.25, 0.3) is 0 Å². The molecule has 0 aliphatic heterocycles. The van der Waals surface area contributed by atoms with Crippen molar-refractivity contribution in [1.82, 2.24) is 9.97 Å². The quantitative estimate of drug-likeness (QED) is 0.927. The Morgan fingerprint density at radius 1 is 1.45 bits per heavy atom. The van der Waals surface area contributed by atoms with Crippen LogP contribution in [0.4, 0.5) is 4.39 Å². The summed E-state index contributed by atoms with van der Waals surface area (Å²) in [5.41, 5.74) is 1.14. The number of carboxylic acids is 1. The molecule has 0 spiro atoms. The van der Waals surface area contributed by atoms with Gasteiger partial charge in [-0.15, -0.1) is 0 Å². The van der Waals surface area contributed by atoms with Crippen LogP contribution in [0.3, 0.4) is 0 Å². The summed E-state index contributed by atoms with van der Waals surface area (Å²) in [7, 11) is 1.40. The number of carbonyl (C=O) groups is 1. The molecule has 0 fully saturated rings. The van der Waals surface area contributed by atoms with Crippen molar-refractivity contribution >= 4 is 5.97 Å². The van der Waals surface area contributed by atoms with Crippen LogP contribution >= 0.6 is 0 Å². The Morgan fingerprint density at radius 3 is 2.75 bits per heavy atom. The standard InChI is InChI=1S/C14H13FN2O3/c1-8-10(14(18)19)7-16-13(17-8)6-9-3-4-12(20-2)11(15)5-9/h3-5,7H,6H2,1-2H3,(H,18,19). The summed E-state index contributed by atoms with van der Waals surface area (Å²) in [5.74, 6) is -0.905. The monoisotopic (exact) mass is 276 g/mol. The molecular formula is C14H13FN2O3.